The predicted molar refractivity (Wildman–Crippen MR) is 58.0 cm³/mol. The molecule has 0 heterocycles. The molecule has 0 radical (unpaired) electrons. The van der Waals surface area contributed by atoms with Crippen LogP contribution in [0.25, 0.3) is 0 Å². The van der Waals surface area contributed by atoms with Gasteiger partial charge in [-0.25, -0.2) is 0 Å². The normalized spacial score (nSPS) is 10.6. The smallest absolute Gasteiger partial charge is 0.220 e. The summed E-state index contributed by atoms with van der Waals surface area (Å²) >= 11 is 5.60. The van der Waals surface area contributed by atoms with E-state index in [0.717, 1.165) is 5.56 Å². The van der Waals surface area contributed by atoms with Crippen molar-refractivity contribution in [2.24, 2.45) is 0 Å². The summed E-state index contributed by atoms with van der Waals surface area (Å²) in [5.41, 5.74) is 1.01. The fourth-order valence-electron chi connectivity index (χ4n) is 1.17. The van der Waals surface area contributed by atoms with Gasteiger partial charge in [0.1, 0.15) is 0 Å². The van der Waals surface area contributed by atoms with Gasteiger partial charge in [0.15, 0.2) is 5.75 Å². The molecule has 0 saturated heterocycles. The van der Waals surface area contributed by atoms with E-state index in [4.69, 9.17) is 11.6 Å². The number of rotatable bonds is 2. The first-order valence-electron chi connectivity index (χ1n) is 4.48. The Hall–Kier alpha value is -1.02. The van der Waals surface area contributed by atoms with Crippen LogP contribution in [0.15, 0.2) is 23.0 Å². The van der Waals surface area contributed by atoms with Crippen LogP contribution in [0.3, 0.4) is 0 Å². The lowest BCUT2D eigenvalue weighted by Gasteiger charge is -1.98. The molecular weight excluding hydrogens is 200 g/mol. The lowest BCUT2D eigenvalue weighted by molar-refractivity contribution is 0.466. The van der Waals surface area contributed by atoms with E-state index in [2.05, 4.69) is 0 Å². The van der Waals surface area contributed by atoms with E-state index in [9.17, 15) is 9.90 Å². The average Bonchev–Trinajstić information content (AvgIpc) is 2.28. The minimum absolute atomic E-state index is 0.146. The van der Waals surface area contributed by atoms with Crippen LogP contribution in [0, 0.1) is 0 Å². The topological polar surface area (TPSA) is 37.3 Å². The van der Waals surface area contributed by atoms with Crippen molar-refractivity contribution in [3.63, 3.8) is 0 Å². The second-order valence-electron chi connectivity index (χ2n) is 3.50. The Labute approximate surface area is 88.2 Å². The van der Waals surface area contributed by atoms with E-state index in [1.807, 2.05) is 19.9 Å². The third kappa shape index (κ3) is 2.26. The summed E-state index contributed by atoms with van der Waals surface area (Å²) in [5.74, 6) is 0.164. The maximum Gasteiger partial charge on any atom is 0.220 e. The van der Waals surface area contributed by atoms with E-state index < -0.39 is 0 Å². The molecule has 1 aromatic carbocycles. The van der Waals surface area contributed by atoms with Gasteiger partial charge in [0, 0.05) is 5.56 Å². The van der Waals surface area contributed by atoms with Gasteiger partial charge >= 0.3 is 0 Å². The molecule has 1 N–H and O–H groups in total. The Balaban J connectivity index is 3.41. The van der Waals surface area contributed by atoms with Gasteiger partial charge in [-0.1, -0.05) is 26.0 Å². The van der Waals surface area contributed by atoms with Crippen LogP contribution in [0.2, 0.25) is 0 Å². The second kappa shape index (κ2) is 4.47. The minimum Gasteiger partial charge on any atom is -0.504 e. The SMILES string of the molecule is CC(C)c1ccc(CCl)c(O)c(=O)c1. The monoisotopic (exact) mass is 212 g/mol. The molecule has 0 atom stereocenters. The Morgan fingerprint density at radius 1 is 1.43 bits per heavy atom. The third-order valence-corrected chi connectivity index (χ3v) is 2.41. The van der Waals surface area contributed by atoms with Gasteiger partial charge in [0.25, 0.3) is 0 Å². The van der Waals surface area contributed by atoms with Crippen molar-refractivity contribution in [1.29, 1.82) is 0 Å². The zero-order valence-electron chi connectivity index (χ0n) is 8.25. The molecule has 0 fully saturated rings. The predicted octanol–water partition coefficient (Wildman–Crippen LogP) is 2.61. The highest BCUT2D eigenvalue weighted by Gasteiger charge is 2.05. The maximum absolute atomic E-state index is 11.4. The largest absolute Gasteiger partial charge is 0.504 e. The standard InChI is InChI=1S/C11H13ClO2/c1-7(2)8-3-4-9(6-12)11(14)10(13)5-8/h3-5,7H,6H2,1-2H3,(H,13,14). The Bertz CT molecular complexity index is 386. The minimum atomic E-state index is -0.366. The van der Waals surface area contributed by atoms with Gasteiger partial charge in [-0.2, -0.15) is 0 Å². The lowest BCUT2D eigenvalue weighted by atomic mass is 10.1. The summed E-state index contributed by atoms with van der Waals surface area (Å²) in [4.78, 5) is 11.4. The number of hydrogen-bond acceptors (Lipinski definition) is 2. The summed E-state index contributed by atoms with van der Waals surface area (Å²) in [7, 11) is 0. The van der Waals surface area contributed by atoms with Crippen LogP contribution < -0.4 is 5.43 Å². The molecular formula is C11H13ClO2. The van der Waals surface area contributed by atoms with E-state index in [0.29, 0.717) is 5.56 Å². The number of halogens is 1. The summed E-state index contributed by atoms with van der Waals surface area (Å²) < 4.78 is 0. The first kappa shape index (κ1) is 11.1. The van der Waals surface area contributed by atoms with Gasteiger partial charge in [0.2, 0.25) is 5.43 Å². The highest BCUT2D eigenvalue weighted by Crippen LogP contribution is 2.17. The molecule has 0 aliphatic carbocycles. The molecule has 0 unspecified atom stereocenters. The highest BCUT2D eigenvalue weighted by atomic mass is 35.5. The zero-order chi connectivity index (χ0) is 10.7. The van der Waals surface area contributed by atoms with Crippen molar-refractivity contribution >= 4 is 11.6 Å². The first-order chi connectivity index (χ1) is 6.56. The zero-order valence-corrected chi connectivity index (χ0v) is 9.01. The highest BCUT2D eigenvalue weighted by molar-refractivity contribution is 6.17. The lowest BCUT2D eigenvalue weighted by Crippen LogP contribution is -1.98. The molecule has 0 aliphatic rings. The van der Waals surface area contributed by atoms with Crippen LogP contribution in [0.4, 0.5) is 0 Å². The fraction of sp³-hybridized carbons (Fsp3) is 0.364. The molecule has 0 bridgehead atoms. The second-order valence-corrected chi connectivity index (χ2v) is 3.77. The summed E-state index contributed by atoms with van der Waals surface area (Å²) in [5, 5.41) is 9.47. The molecule has 14 heavy (non-hydrogen) atoms. The van der Waals surface area contributed by atoms with Crippen molar-refractivity contribution in [2.45, 2.75) is 25.6 Å². The summed E-state index contributed by atoms with van der Waals surface area (Å²) in [6.07, 6.45) is 0. The fourth-order valence-corrected chi connectivity index (χ4v) is 1.38. The molecule has 0 saturated carbocycles. The van der Waals surface area contributed by atoms with Crippen molar-refractivity contribution in [3.8, 4) is 5.75 Å². The quantitative estimate of drug-likeness (QED) is 0.766. The Morgan fingerprint density at radius 3 is 2.57 bits per heavy atom. The molecule has 0 aromatic heterocycles. The Kier molecular flexibility index (Phi) is 3.53. The molecule has 2 nitrogen and oxygen atoms in total. The molecule has 0 amide bonds. The van der Waals surface area contributed by atoms with Crippen LogP contribution in [0.5, 0.6) is 5.75 Å². The molecule has 0 aliphatic heterocycles. The van der Waals surface area contributed by atoms with Crippen LogP contribution in [-0.2, 0) is 5.88 Å². The van der Waals surface area contributed by atoms with Crippen LogP contribution in [0.1, 0.15) is 30.9 Å². The number of aromatic hydroxyl groups is 1. The van der Waals surface area contributed by atoms with Gasteiger partial charge in [-0.3, -0.25) is 4.79 Å². The summed E-state index contributed by atoms with van der Waals surface area (Å²) in [6.45, 7) is 3.98. The van der Waals surface area contributed by atoms with Crippen molar-refractivity contribution in [3.05, 3.63) is 39.5 Å². The first-order valence-corrected chi connectivity index (χ1v) is 5.01. The van der Waals surface area contributed by atoms with E-state index in [1.165, 1.54) is 6.07 Å². The number of hydrogen-bond donors (Lipinski definition) is 1. The van der Waals surface area contributed by atoms with Crippen LogP contribution in [-0.4, -0.2) is 5.11 Å². The molecule has 1 aromatic rings. The van der Waals surface area contributed by atoms with Crippen LogP contribution >= 0.6 is 11.6 Å². The third-order valence-electron chi connectivity index (χ3n) is 2.12. The van der Waals surface area contributed by atoms with Gasteiger partial charge in [-0.05, 0) is 17.5 Å². The van der Waals surface area contributed by atoms with Gasteiger partial charge in [-0.15, -0.1) is 11.6 Å². The van der Waals surface area contributed by atoms with Crippen molar-refractivity contribution < 1.29 is 5.11 Å². The van der Waals surface area contributed by atoms with Crippen molar-refractivity contribution in [1.82, 2.24) is 0 Å². The van der Waals surface area contributed by atoms with Gasteiger partial charge < -0.3 is 5.11 Å². The summed E-state index contributed by atoms with van der Waals surface area (Å²) in [6, 6.07) is 4.97. The van der Waals surface area contributed by atoms with Gasteiger partial charge in [0.05, 0.1) is 5.88 Å². The number of alkyl halides is 1. The molecule has 76 valence electrons. The molecule has 0 spiro atoms. The molecule has 3 heteroatoms. The van der Waals surface area contributed by atoms with E-state index in [-0.39, 0.29) is 23.0 Å². The molecule has 1 rings (SSSR count). The van der Waals surface area contributed by atoms with Crippen molar-refractivity contribution in [2.75, 3.05) is 0 Å². The van der Waals surface area contributed by atoms with E-state index in [1.54, 1.807) is 6.07 Å². The average molecular weight is 213 g/mol. The van der Waals surface area contributed by atoms with E-state index >= 15 is 0 Å². The maximum atomic E-state index is 11.4. The Morgan fingerprint density at radius 2 is 2.07 bits per heavy atom.